The minimum atomic E-state index is -0.342. The van der Waals surface area contributed by atoms with E-state index in [1.54, 1.807) is 37.3 Å². The Morgan fingerprint density at radius 2 is 1.65 bits per heavy atom. The number of carbonyl (C=O) groups is 1. The third-order valence-electron chi connectivity index (χ3n) is 6.52. The van der Waals surface area contributed by atoms with Crippen LogP contribution >= 0.6 is 23.2 Å². The van der Waals surface area contributed by atoms with E-state index in [0.29, 0.717) is 46.2 Å². The second-order valence-electron chi connectivity index (χ2n) is 9.16. The SMILES string of the molecule is COc1cc2c(cc1OC)C(COc1ccc(C(C)C)cc1)N(C(=O)COc1ccc(Cl)cc1Cl)CC2. The molecule has 1 unspecified atom stereocenters. The zero-order valence-corrected chi connectivity index (χ0v) is 22.9. The summed E-state index contributed by atoms with van der Waals surface area (Å²) in [6.45, 7) is 4.93. The highest BCUT2D eigenvalue weighted by Crippen LogP contribution is 2.39. The van der Waals surface area contributed by atoms with Crippen LogP contribution in [0.3, 0.4) is 0 Å². The van der Waals surface area contributed by atoms with Gasteiger partial charge < -0.3 is 23.8 Å². The summed E-state index contributed by atoms with van der Waals surface area (Å²) < 4.78 is 23.0. The minimum Gasteiger partial charge on any atom is -0.493 e. The first kappa shape index (κ1) is 27.0. The second-order valence-corrected chi connectivity index (χ2v) is 10.0. The fraction of sp³-hybridized carbons (Fsp3) is 0.345. The molecule has 3 aromatic carbocycles. The normalized spacial score (nSPS) is 14.8. The molecule has 1 amide bonds. The molecule has 8 heteroatoms. The summed E-state index contributed by atoms with van der Waals surface area (Å²) in [6.07, 6.45) is 0.669. The standard InChI is InChI=1S/C29H31Cl2NO5/c1-18(2)19-5-8-22(9-6-19)36-16-25-23-15-28(35-4)27(34-3)13-20(23)11-12-32(25)29(33)17-37-26-10-7-21(30)14-24(26)31/h5-10,13-15,18,25H,11-12,16-17H2,1-4H3. The lowest BCUT2D eigenvalue weighted by Gasteiger charge is -2.37. The zero-order valence-electron chi connectivity index (χ0n) is 21.4. The summed E-state index contributed by atoms with van der Waals surface area (Å²) in [5.74, 6) is 2.67. The zero-order chi connectivity index (χ0) is 26.5. The number of halogens is 2. The quantitative estimate of drug-likeness (QED) is 0.300. The van der Waals surface area contributed by atoms with E-state index < -0.39 is 0 Å². The molecule has 0 N–H and O–H groups in total. The van der Waals surface area contributed by atoms with Gasteiger partial charge in [0.1, 0.15) is 18.1 Å². The maximum Gasteiger partial charge on any atom is 0.261 e. The van der Waals surface area contributed by atoms with Crippen LogP contribution in [0, 0.1) is 0 Å². The smallest absolute Gasteiger partial charge is 0.261 e. The molecule has 1 aliphatic heterocycles. The number of carbonyl (C=O) groups excluding carboxylic acids is 1. The van der Waals surface area contributed by atoms with Gasteiger partial charge in [0.2, 0.25) is 0 Å². The monoisotopic (exact) mass is 543 g/mol. The van der Waals surface area contributed by atoms with Crippen molar-refractivity contribution < 1.29 is 23.7 Å². The Hall–Kier alpha value is -3.09. The van der Waals surface area contributed by atoms with Crippen LogP contribution in [0.15, 0.2) is 54.6 Å². The molecule has 0 radical (unpaired) electrons. The van der Waals surface area contributed by atoms with Crippen LogP contribution in [-0.2, 0) is 11.2 Å². The molecule has 3 aromatic rings. The average Bonchev–Trinajstić information content (AvgIpc) is 2.90. The van der Waals surface area contributed by atoms with Gasteiger partial charge in [-0.1, -0.05) is 49.2 Å². The highest BCUT2D eigenvalue weighted by atomic mass is 35.5. The van der Waals surface area contributed by atoms with Crippen LogP contribution in [0.5, 0.6) is 23.0 Å². The largest absolute Gasteiger partial charge is 0.493 e. The van der Waals surface area contributed by atoms with Crippen molar-refractivity contribution in [3.05, 3.63) is 81.3 Å². The summed E-state index contributed by atoms with van der Waals surface area (Å²) in [6, 6.07) is 16.5. The van der Waals surface area contributed by atoms with Crippen LogP contribution < -0.4 is 18.9 Å². The lowest BCUT2D eigenvalue weighted by molar-refractivity contribution is -0.137. The average molecular weight is 544 g/mol. The van der Waals surface area contributed by atoms with Crippen LogP contribution in [-0.4, -0.2) is 44.8 Å². The van der Waals surface area contributed by atoms with Crippen LogP contribution in [0.25, 0.3) is 0 Å². The van der Waals surface area contributed by atoms with E-state index in [4.69, 9.17) is 42.1 Å². The van der Waals surface area contributed by atoms with Gasteiger partial charge in [-0.15, -0.1) is 0 Å². The number of hydrogen-bond donors (Lipinski definition) is 0. The molecule has 0 bridgehead atoms. The van der Waals surface area contributed by atoms with Crippen LogP contribution in [0.2, 0.25) is 10.0 Å². The minimum absolute atomic E-state index is 0.163. The van der Waals surface area contributed by atoms with Gasteiger partial charge >= 0.3 is 0 Å². The Morgan fingerprint density at radius 3 is 2.30 bits per heavy atom. The fourth-order valence-corrected chi connectivity index (χ4v) is 4.91. The molecule has 0 saturated heterocycles. The van der Waals surface area contributed by atoms with E-state index >= 15 is 0 Å². The van der Waals surface area contributed by atoms with E-state index in [1.165, 1.54) is 5.56 Å². The third kappa shape index (κ3) is 6.25. The molecule has 0 aromatic heterocycles. The Bertz CT molecular complexity index is 1250. The summed E-state index contributed by atoms with van der Waals surface area (Å²) in [4.78, 5) is 15.2. The topological polar surface area (TPSA) is 57.2 Å². The highest BCUT2D eigenvalue weighted by molar-refractivity contribution is 6.35. The van der Waals surface area contributed by atoms with Gasteiger partial charge in [0.25, 0.3) is 5.91 Å². The van der Waals surface area contributed by atoms with Gasteiger partial charge in [0.15, 0.2) is 18.1 Å². The first-order valence-corrected chi connectivity index (χ1v) is 12.9. The van der Waals surface area contributed by atoms with Crippen molar-refractivity contribution in [1.82, 2.24) is 4.90 Å². The molecule has 6 nitrogen and oxygen atoms in total. The first-order chi connectivity index (χ1) is 17.8. The van der Waals surface area contributed by atoms with E-state index in [1.807, 2.05) is 24.3 Å². The molecule has 1 heterocycles. The molecule has 0 saturated carbocycles. The molecule has 4 rings (SSSR count). The Labute approximate surface area is 228 Å². The second kappa shape index (κ2) is 12.0. The summed E-state index contributed by atoms with van der Waals surface area (Å²) in [5.41, 5.74) is 3.29. The number of methoxy groups -OCH3 is 2. The van der Waals surface area contributed by atoms with Gasteiger partial charge in [0.05, 0.1) is 25.3 Å². The number of hydrogen-bond acceptors (Lipinski definition) is 5. The Kier molecular flexibility index (Phi) is 8.72. The third-order valence-corrected chi connectivity index (χ3v) is 7.05. The predicted octanol–water partition coefficient (Wildman–Crippen LogP) is 6.72. The summed E-state index contributed by atoms with van der Waals surface area (Å²) >= 11 is 12.2. The van der Waals surface area contributed by atoms with Crippen molar-refractivity contribution in [1.29, 1.82) is 0 Å². The Morgan fingerprint density at radius 1 is 0.946 bits per heavy atom. The van der Waals surface area contributed by atoms with Crippen LogP contribution in [0.4, 0.5) is 0 Å². The summed E-state index contributed by atoms with van der Waals surface area (Å²) in [5, 5.41) is 0.852. The van der Waals surface area contributed by atoms with E-state index in [2.05, 4.69) is 26.0 Å². The molecule has 1 aliphatic rings. The van der Waals surface area contributed by atoms with Gasteiger partial charge in [-0.3, -0.25) is 4.79 Å². The van der Waals surface area contributed by atoms with Gasteiger partial charge in [-0.2, -0.15) is 0 Å². The molecule has 196 valence electrons. The number of ether oxygens (including phenoxy) is 4. The van der Waals surface area contributed by atoms with Gasteiger partial charge in [-0.05, 0) is 71.5 Å². The number of benzene rings is 3. The first-order valence-electron chi connectivity index (χ1n) is 12.2. The van der Waals surface area contributed by atoms with Crippen molar-refractivity contribution in [3.63, 3.8) is 0 Å². The summed E-state index contributed by atoms with van der Waals surface area (Å²) in [7, 11) is 3.21. The maximum atomic E-state index is 13.4. The number of amides is 1. The molecule has 1 atom stereocenters. The van der Waals surface area contributed by atoms with Crippen molar-refractivity contribution in [2.45, 2.75) is 32.2 Å². The van der Waals surface area contributed by atoms with Crippen LogP contribution in [0.1, 0.15) is 42.5 Å². The Balaban J connectivity index is 1.58. The van der Waals surface area contributed by atoms with Crippen molar-refractivity contribution in [3.8, 4) is 23.0 Å². The predicted molar refractivity (Wildman–Crippen MR) is 146 cm³/mol. The number of rotatable bonds is 9. The van der Waals surface area contributed by atoms with Crippen molar-refractivity contribution >= 4 is 29.1 Å². The molecular formula is C29H31Cl2NO5. The molecule has 0 aliphatic carbocycles. The number of fused-ring (bicyclic) bond motifs is 1. The number of nitrogens with zero attached hydrogens (tertiary/aromatic N) is 1. The lowest BCUT2D eigenvalue weighted by Crippen LogP contribution is -2.44. The van der Waals surface area contributed by atoms with Gasteiger partial charge in [-0.25, -0.2) is 0 Å². The molecular weight excluding hydrogens is 513 g/mol. The highest BCUT2D eigenvalue weighted by Gasteiger charge is 2.33. The molecule has 0 fully saturated rings. The van der Waals surface area contributed by atoms with E-state index in [9.17, 15) is 4.79 Å². The van der Waals surface area contributed by atoms with Gasteiger partial charge in [0, 0.05) is 11.6 Å². The van der Waals surface area contributed by atoms with Crippen molar-refractivity contribution in [2.75, 3.05) is 34.0 Å². The van der Waals surface area contributed by atoms with E-state index in [-0.39, 0.29) is 25.2 Å². The molecule has 37 heavy (non-hydrogen) atoms. The molecule has 0 spiro atoms. The fourth-order valence-electron chi connectivity index (χ4n) is 4.45. The lowest BCUT2D eigenvalue weighted by atomic mass is 9.92. The maximum absolute atomic E-state index is 13.4. The van der Waals surface area contributed by atoms with Crippen molar-refractivity contribution in [2.24, 2.45) is 0 Å². The van der Waals surface area contributed by atoms with E-state index in [0.717, 1.165) is 16.9 Å².